The van der Waals surface area contributed by atoms with Crippen LogP contribution >= 0.6 is 0 Å². The maximum absolute atomic E-state index is 12.6. The van der Waals surface area contributed by atoms with Crippen molar-refractivity contribution in [1.29, 1.82) is 0 Å². The van der Waals surface area contributed by atoms with Crippen molar-refractivity contribution < 1.29 is 31.9 Å². The average Bonchev–Trinajstić information content (AvgIpc) is 3.61. The number of aromatic nitrogens is 1. The smallest absolute Gasteiger partial charge is 0.339 e. The number of nitrogens with zero attached hydrogens (tertiary/aromatic N) is 2. The van der Waals surface area contributed by atoms with Crippen molar-refractivity contribution in [2.24, 2.45) is 0 Å². The van der Waals surface area contributed by atoms with Crippen LogP contribution in [-0.4, -0.2) is 36.3 Å². The van der Waals surface area contributed by atoms with E-state index in [4.69, 9.17) is 8.92 Å². The molecule has 0 unspecified atom stereocenters. The van der Waals surface area contributed by atoms with Crippen LogP contribution in [0.3, 0.4) is 0 Å². The summed E-state index contributed by atoms with van der Waals surface area (Å²) in [5, 5.41) is 10.9. The van der Waals surface area contributed by atoms with Crippen LogP contribution in [0.15, 0.2) is 59.5 Å². The number of non-ortho nitro benzene ring substituents is 1. The lowest BCUT2D eigenvalue weighted by Gasteiger charge is -2.09. The zero-order valence-corrected chi connectivity index (χ0v) is 19.8. The van der Waals surface area contributed by atoms with E-state index in [2.05, 4.69) is 4.57 Å². The molecule has 0 amide bonds. The number of ether oxygens (including phenoxy) is 1. The van der Waals surface area contributed by atoms with Gasteiger partial charge in [0.15, 0.2) is 6.61 Å². The minimum Gasteiger partial charge on any atom is -0.454 e. The number of hydrogen-bond donors (Lipinski definition) is 0. The molecule has 0 N–H and O–H groups in total. The molecule has 0 atom stereocenters. The quantitative estimate of drug-likeness (QED) is 0.141. The summed E-state index contributed by atoms with van der Waals surface area (Å²) in [7, 11) is -4.33. The van der Waals surface area contributed by atoms with Gasteiger partial charge in [-0.2, -0.15) is 8.42 Å². The first kappa shape index (κ1) is 24.1. The molecule has 0 spiro atoms. The molecule has 0 aliphatic heterocycles. The number of nitro benzene ring substituents is 1. The Kier molecular flexibility index (Phi) is 6.44. The Morgan fingerprint density at radius 1 is 1.09 bits per heavy atom. The lowest BCUT2D eigenvalue weighted by Crippen LogP contribution is -2.15. The highest BCUT2D eigenvalue weighted by molar-refractivity contribution is 7.87. The van der Waals surface area contributed by atoms with Crippen LogP contribution in [0.25, 0.3) is 0 Å². The Morgan fingerprint density at radius 2 is 1.77 bits per heavy atom. The van der Waals surface area contributed by atoms with Crippen molar-refractivity contribution in [2.45, 2.75) is 37.6 Å². The van der Waals surface area contributed by atoms with Crippen molar-refractivity contribution in [1.82, 2.24) is 4.57 Å². The van der Waals surface area contributed by atoms with Crippen LogP contribution < -0.4 is 4.18 Å². The summed E-state index contributed by atoms with van der Waals surface area (Å²) < 4.78 is 37.2. The van der Waals surface area contributed by atoms with E-state index in [0.29, 0.717) is 11.6 Å². The second kappa shape index (κ2) is 9.34. The van der Waals surface area contributed by atoms with Crippen LogP contribution in [0.2, 0.25) is 0 Å². The summed E-state index contributed by atoms with van der Waals surface area (Å²) >= 11 is 0. The number of hydrogen-bond acceptors (Lipinski definition) is 8. The van der Waals surface area contributed by atoms with Gasteiger partial charge in [0.1, 0.15) is 10.6 Å². The fourth-order valence-electron chi connectivity index (χ4n) is 3.82. The van der Waals surface area contributed by atoms with Crippen LogP contribution in [-0.2, 0) is 14.9 Å². The van der Waals surface area contributed by atoms with Gasteiger partial charge in [0, 0.05) is 35.1 Å². The number of carbonyl (C=O) groups is 2. The van der Waals surface area contributed by atoms with E-state index >= 15 is 0 Å². The SMILES string of the molecule is Cc1cc(C(=O)COC(=O)c2ccc(OS(=O)(=O)c3cccc([N+](=O)[O-])c3)cc2)c(C)n1C1CC1. The number of esters is 1. The predicted octanol–water partition coefficient (Wildman–Crippen LogP) is 4.16. The number of benzene rings is 2. The molecule has 35 heavy (non-hydrogen) atoms. The molecular formula is C24H22N2O8S. The van der Waals surface area contributed by atoms with Gasteiger partial charge in [-0.05, 0) is 63.1 Å². The number of carbonyl (C=O) groups excluding carboxylic acids is 2. The summed E-state index contributed by atoms with van der Waals surface area (Å²) in [6.45, 7) is 3.39. The largest absolute Gasteiger partial charge is 0.454 e. The summed E-state index contributed by atoms with van der Waals surface area (Å²) in [5.41, 5.74) is 2.09. The van der Waals surface area contributed by atoms with Gasteiger partial charge in [-0.25, -0.2) is 4.79 Å². The summed E-state index contributed by atoms with van der Waals surface area (Å²) in [6, 6.07) is 11.8. The Balaban J connectivity index is 1.38. The zero-order valence-electron chi connectivity index (χ0n) is 19.0. The molecule has 2 aromatic carbocycles. The van der Waals surface area contributed by atoms with Gasteiger partial charge >= 0.3 is 16.1 Å². The maximum atomic E-state index is 12.6. The molecule has 11 heteroatoms. The van der Waals surface area contributed by atoms with Crippen molar-refractivity contribution in [3.63, 3.8) is 0 Å². The molecule has 1 fully saturated rings. The first-order valence-electron chi connectivity index (χ1n) is 10.7. The highest BCUT2D eigenvalue weighted by Crippen LogP contribution is 2.38. The first-order chi connectivity index (χ1) is 16.6. The van der Waals surface area contributed by atoms with Crippen LogP contribution in [0.4, 0.5) is 5.69 Å². The van der Waals surface area contributed by atoms with Gasteiger partial charge < -0.3 is 13.5 Å². The van der Waals surface area contributed by atoms with E-state index in [-0.39, 0.29) is 22.0 Å². The Labute approximate surface area is 201 Å². The second-order valence-corrected chi connectivity index (χ2v) is 9.75. The van der Waals surface area contributed by atoms with Gasteiger partial charge in [0.25, 0.3) is 5.69 Å². The fourth-order valence-corrected chi connectivity index (χ4v) is 4.79. The van der Waals surface area contributed by atoms with Gasteiger partial charge in [-0.3, -0.25) is 14.9 Å². The third kappa shape index (κ3) is 5.24. The normalized spacial score (nSPS) is 13.3. The Morgan fingerprint density at radius 3 is 2.40 bits per heavy atom. The summed E-state index contributed by atoms with van der Waals surface area (Å²) in [5.74, 6) is -1.15. The van der Waals surface area contributed by atoms with Gasteiger partial charge in [-0.1, -0.05) is 6.07 Å². The lowest BCUT2D eigenvalue weighted by atomic mass is 10.1. The van der Waals surface area contributed by atoms with Crippen molar-refractivity contribution in [2.75, 3.05) is 6.61 Å². The lowest BCUT2D eigenvalue weighted by molar-refractivity contribution is -0.385. The highest BCUT2D eigenvalue weighted by Gasteiger charge is 2.28. The minimum atomic E-state index is -4.33. The predicted molar refractivity (Wildman–Crippen MR) is 124 cm³/mol. The standard InChI is InChI=1S/C24H22N2O8S/c1-15-12-22(16(2)25(15)18-8-9-18)23(27)14-33-24(28)17-6-10-20(11-7-17)34-35(31,32)21-5-3-4-19(13-21)26(29)30/h3-7,10-13,18H,8-9,14H2,1-2H3. The topological polar surface area (TPSA) is 135 Å². The molecular weight excluding hydrogens is 476 g/mol. The molecule has 182 valence electrons. The number of nitro groups is 1. The van der Waals surface area contributed by atoms with E-state index in [1.165, 1.54) is 36.4 Å². The Bertz CT molecular complexity index is 1420. The first-order valence-corrected chi connectivity index (χ1v) is 12.2. The number of ketones is 1. The van der Waals surface area contributed by atoms with Gasteiger partial charge in [0.05, 0.1) is 10.5 Å². The van der Waals surface area contributed by atoms with E-state index in [1.807, 2.05) is 13.8 Å². The fraction of sp³-hybridized carbons (Fsp3) is 0.250. The number of rotatable bonds is 9. The number of Topliss-reactive ketones (excluding diaryl/α,β-unsaturated/α-hetero) is 1. The third-order valence-electron chi connectivity index (χ3n) is 5.64. The summed E-state index contributed by atoms with van der Waals surface area (Å²) in [4.78, 5) is 34.8. The zero-order chi connectivity index (χ0) is 25.3. The van der Waals surface area contributed by atoms with Crippen molar-refractivity contribution in [3.05, 3.63) is 87.2 Å². The molecule has 0 saturated heterocycles. The van der Waals surface area contributed by atoms with Gasteiger partial charge in [0.2, 0.25) is 5.78 Å². The van der Waals surface area contributed by atoms with Crippen LogP contribution in [0.5, 0.6) is 5.75 Å². The number of aryl methyl sites for hydroxylation is 1. The molecule has 10 nitrogen and oxygen atoms in total. The second-order valence-electron chi connectivity index (χ2n) is 8.20. The van der Waals surface area contributed by atoms with Crippen LogP contribution in [0.1, 0.15) is 51.0 Å². The molecule has 4 rings (SSSR count). The summed E-state index contributed by atoms with van der Waals surface area (Å²) in [6.07, 6.45) is 2.18. The van der Waals surface area contributed by atoms with E-state index < -0.39 is 33.3 Å². The Hall–Kier alpha value is -3.99. The van der Waals surface area contributed by atoms with Crippen LogP contribution in [0, 0.1) is 24.0 Å². The van der Waals surface area contributed by atoms with Gasteiger partial charge in [-0.15, -0.1) is 0 Å². The highest BCUT2D eigenvalue weighted by atomic mass is 32.2. The van der Waals surface area contributed by atoms with E-state index in [0.717, 1.165) is 36.4 Å². The molecule has 1 aliphatic carbocycles. The van der Waals surface area contributed by atoms with Crippen molar-refractivity contribution in [3.8, 4) is 5.75 Å². The molecule has 0 bridgehead atoms. The minimum absolute atomic E-state index is 0.0985. The molecule has 3 aromatic rings. The monoisotopic (exact) mass is 498 g/mol. The maximum Gasteiger partial charge on any atom is 0.339 e. The van der Waals surface area contributed by atoms with E-state index in [1.54, 1.807) is 6.07 Å². The van der Waals surface area contributed by atoms with E-state index in [9.17, 15) is 28.1 Å². The molecule has 1 heterocycles. The molecule has 0 radical (unpaired) electrons. The average molecular weight is 499 g/mol. The molecule has 1 aromatic heterocycles. The van der Waals surface area contributed by atoms with Crippen molar-refractivity contribution >= 4 is 27.6 Å². The molecule has 1 aliphatic rings. The third-order valence-corrected chi connectivity index (χ3v) is 6.89. The molecule has 1 saturated carbocycles.